The van der Waals surface area contributed by atoms with Gasteiger partial charge in [-0.05, 0) is 48.8 Å². The summed E-state index contributed by atoms with van der Waals surface area (Å²) in [6.07, 6.45) is 3.10. The van der Waals surface area contributed by atoms with E-state index in [0.29, 0.717) is 11.8 Å². The first-order valence-corrected chi connectivity index (χ1v) is 7.15. The number of hydrogen-bond donors (Lipinski definition) is 2. The molecule has 3 N–H and O–H groups in total. The second-order valence-electron chi connectivity index (χ2n) is 5.78. The minimum atomic E-state index is 0.140. The number of pyridine rings is 1. The summed E-state index contributed by atoms with van der Waals surface area (Å²) in [5.74, 6) is 6.94. The van der Waals surface area contributed by atoms with Crippen molar-refractivity contribution in [3.8, 4) is 0 Å². The van der Waals surface area contributed by atoms with E-state index in [1.807, 2.05) is 6.20 Å². The Labute approximate surface area is 120 Å². The van der Waals surface area contributed by atoms with E-state index in [1.54, 1.807) is 0 Å². The lowest BCUT2D eigenvalue weighted by atomic mass is 9.99. The fraction of sp³-hybridized carbons (Fsp3) is 0.353. The Balaban J connectivity index is 1.82. The molecular formula is C17H21N3. The van der Waals surface area contributed by atoms with Gasteiger partial charge in [-0.3, -0.25) is 16.3 Å². The molecule has 104 valence electrons. The summed E-state index contributed by atoms with van der Waals surface area (Å²) in [7, 11) is 0. The van der Waals surface area contributed by atoms with E-state index in [1.165, 1.54) is 23.1 Å². The smallest absolute Gasteiger partial charge is 0.0669 e. The van der Waals surface area contributed by atoms with Gasteiger partial charge in [0.1, 0.15) is 0 Å². The van der Waals surface area contributed by atoms with E-state index in [2.05, 4.69) is 60.7 Å². The van der Waals surface area contributed by atoms with Gasteiger partial charge in [0.25, 0.3) is 0 Å². The van der Waals surface area contributed by atoms with Crippen molar-refractivity contribution < 1.29 is 0 Å². The minimum absolute atomic E-state index is 0.140. The lowest BCUT2D eigenvalue weighted by Gasteiger charge is -2.18. The first-order valence-electron chi connectivity index (χ1n) is 7.15. The first-order chi connectivity index (χ1) is 9.70. The van der Waals surface area contributed by atoms with Crippen LogP contribution in [0, 0.1) is 19.8 Å². The van der Waals surface area contributed by atoms with E-state index in [-0.39, 0.29) is 6.04 Å². The molecule has 0 bridgehead atoms. The molecule has 1 saturated carbocycles. The molecule has 3 heteroatoms. The average Bonchev–Trinajstić information content (AvgIpc) is 3.23. The molecule has 0 amide bonds. The predicted molar refractivity (Wildman–Crippen MR) is 81.1 cm³/mol. The summed E-state index contributed by atoms with van der Waals surface area (Å²) in [6, 6.07) is 13.0. The van der Waals surface area contributed by atoms with Gasteiger partial charge in [-0.15, -0.1) is 0 Å². The van der Waals surface area contributed by atoms with Gasteiger partial charge in [-0.1, -0.05) is 36.4 Å². The highest BCUT2D eigenvalue weighted by Crippen LogP contribution is 2.53. The third-order valence-corrected chi connectivity index (χ3v) is 4.23. The fourth-order valence-corrected chi connectivity index (χ4v) is 3.12. The van der Waals surface area contributed by atoms with Crippen molar-refractivity contribution in [1.82, 2.24) is 10.4 Å². The highest BCUT2D eigenvalue weighted by molar-refractivity contribution is 5.32. The van der Waals surface area contributed by atoms with Gasteiger partial charge in [0.15, 0.2) is 0 Å². The average molecular weight is 267 g/mol. The van der Waals surface area contributed by atoms with Crippen LogP contribution < -0.4 is 11.3 Å². The van der Waals surface area contributed by atoms with Crippen LogP contribution in [-0.4, -0.2) is 4.98 Å². The van der Waals surface area contributed by atoms with Gasteiger partial charge >= 0.3 is 0 Å². The summed E-state index contributed by atoms with van der Waals surface area (Å²) in [4.78, 5) is 4.60. The van der Waals surface area contributed by atoms with Crippen molar-refractivity contribution in [3.05, 3.63) is 65.0 Å². The Bertz CT molecular complexity index is 594. The summed E-state index contributed by atoms with van der Waals surface area (Å²) < 4.78 is 0. The number of nitrogens with zero attached hydrogens (tertiary/aromatic N) is 1. The van der Waals surface area contributed by atoms with Crippen LogP contribution in [0.3, 0.4) is 0 Å². The molecule has 0 saturated heterocycles. The summed E-state index contributed by atoms with van der Waals surface area (Å²) in [6.45, 7) is 4.18. The Kier molecular flexibility index (Phi) is 3.55. The Morgan fingerprint density at radius 1 is 1.25 bits per heavy atom. The van der Waals surface area contributed by atoms with E-state index in [9.17, 15) is 0 Å². The van der Waals surface area contributed by atoms with Gasteiger partial charge in [0.05, 0.1) is 11.7 Å². The van der Waals surface area contributed by atoms with E-state index < -0.39 is 0 Å². The van der Waals surface area contributed by atoms with Crippen LogP contribution in [0.5, 0.6) is 0 Å². The van der Waals surface area contributed by atoms with Crippen LogP contribution in [0.25, 0.3) is 0 Å². The molecule has 0 aliphatic heterocycles. The minimum Gasteiger partial charge on any atom is -0.271 e. The zero-order chi connectivity index (χ0) is 14.1. The van der Waals surface area contributed by atoms with Gasteiger partial charge < -0.3 is 0 Å². The molecule has 2 aromatic rings. The van der Waals surface area contributed by atoms with Gasteiger partial charge in [0.2, 0.25) is 0 Å². The number of nitrogens with one attached hydrogen (secondary N) is 1. The molecule has 1 fully saturated rings. The molecule has 1 aliphatic rings. The molecule has 3 atom stereocenters. The van der Waals surface area contributed by atoms with Gasteiger partial charge in [-0.2, -0.15) is 0 Å². The fourth-order valence-electron chi connectivity index (χ4n) is 3.12. The maximum Gasteiger partial charge on any atom is 0.0669 e. The number of benzene rings is 1. The molecule has 0 radical (unpaired) electrons. The molecule has 1 aliphatic carbocycles. The number of hydrogen-bond acceptors (Lipinski definition) is 3. The Morgan fingerprint density at radius 3 is 2.65 bits per heavy atom. The van der Waals surface area contributed by atoms with Crippen LogP contribution in [-0.2, 0) is 0 Å². The number of hydrazine groups is 1. The summed E-state index contributed by atoms with van der Waals surface area (Å²) >= 11 is 0. The third kappa shape index (κ3) is 2.47. The number of aromatic nitrogens is 1. The van der Waals surface area contributed by atoms with Crippen molar-refractivity contribution in [2.24, 2.45) is 11.8 Å². The zero-order valence-electron chi connectivity index (χ0n) is 12.0. The summed E-state index contributed by atoms with van der Waals surface area (Å²) in [5, 5.41) is 0. The second kappa shape index (κ2) is 5.35. The van der Waals surface area contributed by atoms with Gasteiger partial charge in [-0.25, -0.2) is 0 Å². The Hall–Kier alpha value is -1.71. The van der Waals surface area contributed by atoms with Crippen molar-refractivity contribution in [3.63, 3.8) is 0 Å². The number of nitrogens with two attached hydrogens (primary N) is 1. The topological polar surface area (TPSA) is 50.9 Å². The molecule has 20 heavy (non-hydrogen) atoms. The van der Waals surface area contributed by atoms with Crippen molar-refractivity contribution in [1.29, 1.82) is 0 Å². The zero-order valence-corrected chi connectivity index (χ0v) is 12.0. The third-order valence-electron chi connectivity index (χ3n) is 4.23. The van der Waals surface area contributed by atoms with Crippen molar-refractivity contribution >= 4 is 0 Å². The molecule has 3 rings (SSSR count). The van der Waals surface area contributed by atoms with Gasteiger partial charge in [0, 0.05) is 6.20 Å². The van der Waals surface area contributed by atoms with E-state index in [4.69, 9.17) is 5.84 Å². The lowest BCUT2D eigenvalue weighted by molar-refractivity contribution is 0.473. The van der Waals surface area contributed by atoms with Crippen molar-refractivity contribution in [2.45, 2.75) is 32.2 Å². The first kappa shape index (κ1) is 13.3. The summed E-state index contributed by atoms with van der Waals surface area (Å²) in [5.41, 5.74) is 7.87. The maximum atomic E-state index is 5.80. The molecule has 0 spiro atoms. The molecule has 3 unspecified atom stereocenters. The molecule has 1 aromatic carbocycles. The number of rotatable bonds is 4. The molecule has 3 nitrogen and oxygen atoms in total. The van der Waals surface area contributed by atoms with Crippen LogP contribution in [0.4, 0.5) is 0 Å². The predicted octanol–water partition coefficient (Wildman–Crippen LogP) is 3.01. The number of aryl methyl sites for hydroxylation is 2. The normalized spacial score (nSPS) is 22.6. The van der Waals surface area contributed by atoms with Crippen LogP contribution in [0.1, 0.15) is 40.8 Å². The maximum absolute atomic E-state index is 5.80. The van der Waals surface area contributed by atoms with E-state index in [0.717, 1.165) is 5.69 Å². The SMILES string of the molecule is Cc1cnc(C(NN)C2CC2c2ccccc2)c(C)c1. The molecule has 1 heterocycles. The van der Waals surface area contributed by atoms with Crippen LogP contribution in [0.2, 0.25) is 0 Å². The lowest BCUT2D eigenvalue weighted by Crippen LogP contribution is -2.31. The Morgan fingerprint density at radius 2 is 2.00 bits per heavy atom. The highest BCUT2D eigenvalue weighted by Gasteiger charge is 2.44. The highest BCUT2D eigenvalue weighted by atomic mass is 15.2. The monoisotopic (exact) mass is 267 g/mol. The second-order valence-corrected chi connectivity index (χ2v) is 5.78. The molecular weight excluding hydrogens is 246 g/mol. The molecule has 1 aromatic heterocycles. The van der Waals surface area contributed by atoms with Crippen molar-refractivity contribution in [2.75, 3.05) is 0 Å². The van der Waals surface area contributed by atoms with Crippen LogP contribution in [0.15, 0.2) is 42.6 Å². The quantitative estimate of drug-likeness (QED) is 0.661. The standard InChI is InChI=1S/C17H21N3/c1-11-8-12(2)16(19-10-11)17(20-18)15-9-14(15)13-6-4-3-5-7-13/h3-8,10,14-15,17,20H,9,18H2,1-2H3. The van der Waals surface area contributed by atoms with E-state index >= 15 is 0 Å². The largest absolute Gasteiger partial charge is 0.271 e. The van der Waals surface area contributed by atoms with Crippen LogP contribution >= 0.6 is 0 Å².